The van der Waals surface area contributed by atoms with Gasteiger partial charge in [0, 0.05) is 43.7 Å². The number of aromatic nitrogens is 3. The van der Waals surface area contributed by atoms with Crippen LogP contribution >= 0.6 is 0 Å². The zero-order valence-electron chi connectivity index (χ0n) is 18.9. The number of hydrogen-bond donors (Lipinski definition) is 2. The van der Waals surface area contributed by atoms with Crippen LogP contribution in [0.5, 0.6) is 0 Å². The van der Waals surface area contributed by atoms with Gasteiger partial charge in [-0.25, -0.2) is 17.8 Å². The Balaban J connectivity index is 1.77. The first-order chi connectivity index (χ1) is 16.0. The normalized spacial score (nSPS) is 23.7. The van der Waals surface area contributed by atoms with E-state index in [0.717, 1.165) is 29.3 Å². The lowest BCUT2D eigenvalue weighted by atomic mass is 9.88. The van der Waals surface area contributed by atoms with E-state index in [9.17, 15) is 36.2 Å². The van der Waals surface area contributed by atoms with Crippen LogP contribution in [0.1, 0.15) is 66.7 Å². The first kappa shape index (κ1) is 25.3. The van der Waals surface area contributed by atoms with Crippen molar-refractivity contribution in [2.45, 2.75) is 68.6 Å². The number of nitrogens with one attached hydrogen (secondary N) is 2. The summed E-state index contributed by atoms with van der Waals surface area (Å²) in [5.41, 5.74) is -3.52. The lowest BCUT2D eigenvalue weighted by Gasteiger charge is -2.25. The summed E-state index contributed by atoms with van der Waals surface area (Å²) in [7, 11) is -3.50. The Morgan fingerprint density at radius 3 is 2.54 bits per heavy atom. The van der Waals surface area contributed by atoms with Gasteiger partial charge < -0.3 is 10.5 Å². The highest BCUT2D eigenvalue weighted by Gasteiger charge is 2.50. The van der Waals surface area contributed by atoms with Gasteiger partial charge in [-0.15, -0.1) is 0 Å². The Hall–Kier alpha value is -2.77. The summed E-state index contributed by atoms with van der Waals surface area (Å²) in [5, 5.41) is 17.7. The van der Waals surface area contributed by atoms with Crippen LogP contribution in [0.25, 0.3) is 0 Å². The quantitative estimate of drug-likeness (QED) is 0.330. The SMILES string of the molecule is CC1(Cn2nc(C3CC3)c(C(F)(F)F)c2C(=O)Nc2cc[n+]([O-])c(S(C)(=N)=O)c2)CCC(F)(F)C1. The van der Waals surface area contributed by atoms with Crippen LogP contribution < -0.4 is 10.0 Å². The molecule has 8 nitrogen and oxygen atoms in total. The van der Waals surface area contributed by atoms with Crippen molar-refractivity contribution in [3.05, 3.63) is 40.5 Å². The molecule has 2 aromatic heterocycles. The van der Waals surface area contributed by atoms with Gasteiger partial charge in [0.15, 0.2) is 6.20 Å². The Morgan fingerprint density at radius 1 is 1.37 bits per heavy atom. The van der Waals surface area contributed by atoms with Gasteiger partial charge in [0.2, 0.25) is 5.92 Å². The molecule has 2 heterocycles. The fraction of sp³-hybridized carbons (Fsp3) is 0.571. The Kier molecular flexibility index (Phi) is 5.89. The zero-order valence-corrected chi connectivity index (χ0v) is 19.7. The maximum Gasteiger partial charge on any atom is 0.420 e. The van der Waals surface area contributed by atoms with Gasteiger partial charge >= 0.3 is 6.18 Å². The van der Waals surface area contributed by atoms with Crippen molar-refractivity contribution in [1.82, 2.24) is 9.78 Å². The molecule has 4 rings (SSSR count). The van der Waals surface area contributed by atoms with E-state index in [1.54, 1.807) is 0 Å². The Morgan fingerprint density at radius 2 is 2.03 bits per heavy atom. The van der Waals surface area contributed by atoms with Crippen molar-refractivity contribution in [2.75, 3.05) is 11.6 Å². The number of alkyl halides is 5. The molecule has 1 amide bonds. The first-order valence-electron chi connectivity index (χ1n) is 10.8. The second-order valence-corrected chi connectivity index (χ2v) is 11.9. The van der Waals surface area contributed by atoms with Gasteiger partial charge in [-0.05, 0) is 24.7 Å². The summed E-state index contributed by atoms with van der Waals surface area (Å²) >= 11 is 0. The van der Waals surface area contributed by atoms with Crippen LogP contribution in [-0.2, 0) is 22.5 Å². The standard InChI is InChI=1S/C21H24F5N5O3S/c1-19(6-7-20(22,23)10-19)11-30-17(15(21(24,25)26)16(29-30)12-3-4-12)18(32)28-13-5-8-31(33)14(9-13)35(2,27)34/h5,8-9,12,27H,3-4,6-7,10-11H2,1-2H3,(H,28,32). The minimum Gasteiger partial charge on any atom is -0.618 e. The zero-order chi connectivity index (χ0) is 26.0. The van der Waals surface area contributed by atoms with Crippen molar-refractivity contribution in [1.29, 1.82) is 4.78 Å². The fourth-order valence-electron chi connectivity index (χ4n) is 4.55. The molecular weight excluding hydrogens is 497 g/mol. The lowest BCUT2D eigenvalue weighted by molar-refractivity contribution is -0.646. The molecule has 2 unspecified atom stereocenters. The molecule has 0 bridgehead atoms. The van der Waals surface area contributed by atoms with E-state index < -0.39 is 68.2 Å². The molecule has 0 aliphatic heterocycles. The van der Waals surface area contributed by atoms with Crippen molar-refractivity contribution in [3.63, 3.8) is 0 Å². The lowest BCUT2D eigenvalue weighted by Crippen LogP contribution is -2.33. The van der Waals surface area contributed by atoms with E-state index in [1.807, 2.05) is 0 Å². The minimum absolute atomic E-state index is 0.0565. The highest BCUT2D eigenvalue weighted by Crippen LogP contribution is 2.50. The van der Waals surface area contributed by atoms with Gasteiger partial charge in [-0.3, -0.25) is 9.48 Å². The number of hydrogen-bond acceptors (Lipinski definition) is 5. The molecule has 2 aliphatic carbocycles. The van der Waals surface area contributed by atoms with Crippen LogP contribution in [-0.4, -0.2) is 32.1 Å². The van der Waals surface area contributed by atoms with Gasteiger partial charge in [-0.1, -0.05) is 6.92 Å². The molecule has 192 valence electrons. The molecule has 35 heavy (non-hydrogen) atoms. The molecule has 0 saturated heterocycles. The van der Waals surface area contributed by atoms with Crippen LogP contribution in [0.3, 0.4) is 0 Å². The summed E-state index contributed by atoms with van der Waals surface area (Å²) in [6.45, 7) is 1.22. The maximum atomic E-state index is 14.2. The topological polar surface area (TPSA) is 115 Å². The summed E-state index contributed by atoms with van der Waals surface area (Å²) in [6, 6.07) is 2.04. The third-order valence-electron chi connectivity index (χ3n) is 6.30. The summed E-state index contributed by atoms with van der Waals surface area (Å²) in [6.07, 6.45) is -3.02. The molecule has 2 aliphatic rings. The molecule has 2 fully saturated rings. The van der Waals surface area contributed by atoms with Crippen LogP contribution in [0.2, 0.25) is 0 Å². The number of pyridine rings is 1. The van der Waals surface area contributed by atoms with Gasteiger partial charge in [0.25, 0.3) is 10.9 Å². The van der Waals surface area contributed by atoms with E-state index in [-0.39, 0.29) is 29.1 Å². The third-order valence-corrected chi connectivity index (χ3v) is 7.39. The average molecular weight is 522 g/mol. The average Bonchev–Trinajstić information content (AvgIpc) is 3.41. The van der Waals surface area contributed by atoms with Crippen LogP contribution in [0.15, 0.2) is 23.4 Å². The molecule has 14 heteroatoms. The second-order valence-electron chi connectivity index (χ2n) is 9.76. The van der Waals surface area contributed by atoms with Gasteiger partial charge in [-0.2, -0.15) is 23.0 Å². The fourth-order valence-corrected chi connectivity index (χ4v) is 5.30. The molecule has 0 aromatic carbocycles. The first-order valence-corrected chi connectivity index (χ1v) is 12.8. The highest BCUT2D eigenvalue weighted by atomic mass is 32.2. The van der Waals surface area contributed by atoms with E-state index in [1.165, 1.54) is 6.92 Å². The maximum absolute atomic E-state index is 14.2. The van der Waals surface area contributed by atoms with Crippen molar-refractivity contribution in [3.8, 4) is 0 Å². The number of halogens is 5. The van der Waals surface area contributed by atoms with Crippen molar-refractivity contribution >= 4 is 21.3 Å². The van der Waals surface area contributed by atoms with E-state index >= 15 is 0 Å². The predicted molar refractivity (Wildman–Crippen MR) is 115 cm³/mol. The molecule has 2 N–H and O–H groups in total. The second kappa shape index (κ2) is 8.14. The largest absolute Gasteiger partial charge is 0.618 e. The van der Waals surface area contributed by atoms with E-state index in [0.29, 0.717) is 12.8 Å². The number of anilines is 1. The molecule has 0 spiro atoms. The molecule has 0 radical (unpaired) electrons. The predicted octanol–water partition coefficient (Wildman–Crippen LogP) is 4.53. The Bertz CT molecular complexity index is 1290. The van der Waals surface area contributed by atoms with Crippen LogP contribution in [0.4, 0.5) is 27.6 Å². The molecule has 2 atom stereocenters. The van der Waals surface area contributed by atoms with E-state index in [2.05, 4.69) is 10.4 Å². The summed E-state index contributed by atoms with van der Waals surface area (Å²) < 4.78 is 91.0. The minimum atomic E-state index is -4.93. The Labute approximate surface area is 198 Å². The smallest absolute Gasteiger partial charge is 0.420 e. The monoisotopic (exact) mass is 521 g/mol. The number of rotatable bonds is 6. The number of amides is 1. The number of carbonyl (C=O) groups is 1. The van der Waals surface area contributed by atoms with Crippen molar-refractivity contribution < 1.29 is 35.7 Å². The van der Waals surface area contributed by atoms with Crippen molar-refractivity contribution in [2.24, 2.45) is 5.41 Å². The summed E-state index contributed by atoms with van der Waals surface area (Å²) in [5.74, 6) is -4.63. The third kappa shape index (κ3) is 5.26. The highest BCUT2D eigenvalue weighted by molar-refractivity contribution is 7.91. The van der Waals surface area contributed by atoms with E-state index in [4.69, 9.17) is 4.78 Å². The van der Waals surface area contributed by atoms with Gasteiger partial charge in [0.05, 0.1) is 11.4 Å². The molecule has 2 aromatic rings. The summed E-state index contributed by atoms with van der Waals surface area (Å²) in [4.78, 5) is 13.2. The number of carbonyl (C=O) groups excluding carboxylic acids is 1. The van der Waals surface area contributed by atoms with Gasteiger partial charge in [0.1, 0.15) is 21.0 Å². The molecular formula is C21H24F5N5O3S. The van der Waals surface area contributed by atoms with Crippen LogP contribution in [0, 0.1) is 15.4 Å². The molecule has 2 saturated carbocycles. The number of nitrogens with zero attached hydrogens (tertiary/aromatic N) is 3.